The van der Waals surface area contributed by atoms with E-state index in [1.165, 1.54) is 95.6 Å². The van der Waals surface area contributed by atoms with E-state index in [9.17, 15) is 14.5 Å². The van der Waals surface area contributed by atoms with Gasteiger partial charge in [0.2, 0.25) is 0 Å². The highest BCUT2D eigenvalue weighted by Crippen LogP contribution is 2.26. The number of hydrogen-bond acceptors (Lipinski definition) is 7. The molecule has 238 valence electrons. The summed E-state index contributed by atoms with van der Waals surface area (Å²) in [7, 11) is -1.92. The quantitative estimate of drug-likeness (QED) is 0.0437. The van der Waals surface area contributed by atoms with Crippen LogP contribution in [0, 0.1) is 0 Å². The van der Waals surface area contributed by atoms with E-state index in [-0.39, 0.29) is 19.3 Å². The predicted molar refractivity (Wildman–Crippen MR) is 174 cm³/mol. The van der Waals surface area contributed by atoms with Crippen LogP contribution >= 0.6 is 20.2 Å². The summed E-state index contributed by atoms with van der Waals surface area (Å²) in [5.74, 6) is 0.160. The summed E-state index contributed by atoms with van der Waals surface area (Å²) < 4.78 is 28.3. The summed E-state index contributed by atoms with van der Waals surface area (Å²) in [4.78, 5) is 12.3. The van der Waals surface area contributed by atoms with Crippen molar-refractivity contribution in [2.24, 2.45) is 0 Å². The second kappa shape index (κ2) is 25.6. The molecule has 0 saturated carbocycles. The van der Waals surface area contributed by atoms with E-state index in [2.05, 4.69) is 32.5 Å². The summed E-state index contributed by atoms with van der Waals surface area (Å²) in [6, 6.07) is 9.14. The number of thioether (sulfide) groups is 1. The summed E-state index contributed by atoms with van der Waals surface area (Å²) >= 11 is 2.05. The van der Waals surface area contributed by atoms with Gasteiger partial charge < -0.3 is 23.9 Å². The molecule has 0 heterocycles. The number of ether oxygens (including phenoxy) is 3. The molecule has 1 aromatic carbocycles. The maximum Gasteiger partial charge on any atom is 0.374 e. The number of rotatable bonds is 28. The molecule has 1 N–H and O–H groups in total. The molecule has 0 aromatic heterocycles. The smallest absolute Gasteiger partial charge is 0.374 e. The Balaban J connectivity index is 2.35. The standard InChI is InChI=1S/C33H59O6PS/c1-4-6-8-10-11-12-13-15-20-27-41-31(24-19-14-9-7-5-2)29(3)37-25-21-26-39-33(35,40-36)32(34)38-28-30-22-17-16-18-23-30/h16-18,22-23,29,31,35H,4-15,19-21,24-28,40H2,1-3H3. The van der Waals surface area contributed by atoms with Gasteiger partial charge in [0.1, 0.15) is 15.1 Å². The number of hydrogen-bond donors (Lipinski definition) is 1. The van der Waals surface area contributed by atoms with Crippen LogP contribution in [0.1, 0.15) is 129 Å². The Morgan fingerprint density at radius 1 is 0.854 bits per heavy atom. The van der Waals surface area contributed by atoms with Gasteiger partial charge in [0.15, 0.2) is 0 Å². The van der Waals surface area contributed by atoms with Crippen molar-refractivity contribution in [3.8, 4) is 0 Å². The Hall–Kier alpha value is -0.850. The highest BCUT2D eigenvalue weighted by atomic mass is 32.2. The largest absolute Gasteiger partial charge is 0.456 e. The number of benzene rings is 1. The highest BCUT2D eigenvalue weighted by Gasteiger charge is 2.38. The van der Waals surface area contributed by atoms with E-state index in [0.29, 0.717) is 18.3 Å². The average Bonchev–Trinajstić information content (AvgIpc) is 2.99. The lowest BCUT2D eigenvalue weighted by Gasteiger charge is -2.25. The zero-order valence-electron chi connectivity index (χ0n) is 26.2. The third-order valence-electron chi connectivity index (χ3n) is 7.35. The molecule has 0 fully saturated rings. The maximum atomic E-state index is 12.3. The minimum atomic E-state index is -2.40. The van der Waals surface area contributed by atoms with Crippen molar-refractivity contribution in [3.05, 3.63) is 35.9 Å². The fourth-order valence-corrected chi connectivity index (χ4v) is 6.40. The highest BCUT2D eigenvalue weighted by molar-refractivity contribution is 7.99. The fourth-order valence-electron chi connectivity index (χ4n) is 4.68. The first-order valence-corrected chi connectivity index (χ1v) is 18.3. The predicted octanol–water partition coefficient (Wildman–Crippen LogP) is 8.94. The number of carbonyl (C=O) groups is 1. The van der Waals surface area contributed by atoms with Crippen molar-refractivity contribution in [3.63, 3.8) is 0 Å². The Kier molecular flexibility index (Phi) is 23.9. The molecule has 0 amide bonds. The molecular weight excluding hydrogens is 555 g/mol. The summed E-state index contributed by atoms with van der Waals surface area (Å²) in [6.45, 7) is 7.17. The zero-order chi connectivity index (χ0) is 30.0. The lowest BCUT2D eigenvalue weighted by Crippen LogP contribution is -2.37. The maximum absolute atomic E-state index is 12.3. The van der Waals surface area contributed by atoms with Crippen LogP contribution in [-0.2, 0) is 30.2 Å². The first-order valence-electron chi connectivity index (χ1n) is 16.2. The van der Waals surface area contributed by atoms with Gasteiger partial charge in [-0.2, -0.15) is 11.8 Å². The van der Waals surface area contributed by atoms with Crippen molar-refractivity contribution in [2.45, 2.75) is 147 Å². The van der Waals surface area contributed by atoms with Crippen LogP contribution < -0.4 is 0 Å². The number of esters is 1. The first-order chi connectivity index (χ1) is 20.0. The van der Waals surface area contributed by atoms with Gasteiger partial charge in [-0.1, -0.05) is 128 Å². The van der Waals surface area contributed by atoms with Crippen LogP contribution in [0.15, 0.2) is 30.3 Å². The first kappa shape index (κ1) is 38.2. The SMILES string of the molecule is CCCCCCCCCCCSC(CCCCCCC)C(C)OCCCOC(O)([PH2]=O)C(=O)OCc1ccccc1. The van der Waals surface area contributed by atoms with Crippen molar-refractivity contribution < 1.29 is 28.7 Å². The van der Waals surface area contributed by atoms with Crippen LogP contribution in [0.4, 0.5) is 0 Å². The van der Waals surface area contributed by atoms with Gasteiger partial charge in [0.05, 0.1) is 12.7 Å². The van der Waals surface area contributed by atoms with E-state index in [0.717, 1.165) is 12.0 Å². The van der Waals surface area contributed by atoms with Crippen molar-refractivity contribution in [1.82, 2.24) is 0 Å². The van der Waals surface area contributed by atoms with E-state index in [1.54, 1.807) is 0 Å². The van der Waals surface area contributed by atoms with E-state index in [4.69, 9.17) is 14.2 Å². The lowest BCUT2D eigenvalue weighted by molar-refractivity contribution is -0.197. The van der Waals surface area contributed by atoms with Crippen LogP contribution in [0.25, 0.3) is 0 Å². The Morgan fingerprint density at radius 3 is 2.05 bits per heavy atom. The van der Waals surface area contributed by atoms with Crippen LogP contribution in [0.5, 0.6) is 0 Å². The second-order valence-electron chi connectivity index (χ2n) is 11.1. The van der Waals surface area contributed by atoms with Crippen LogP contribution in [0.2, 0.25) is 0 Å². The lowest BCUT2D eigenvalue weighted by atomic mass is 10.1. The molecule has 1 aromatic rings. The number of aliphatic hydroxyl groups is 1. The van der Waals surface area contributed by atoms with Gasteiger partial charge in [-0.3, -0.25) is 0 Å². The van der Waals surface area contributed by atoms with E-state index in [1.807, 2.05) is 30.3 Å². The molecule has 0 aliphatic rings. The molecule has 0 spiro atoms. The van der Waals surface area contributed by atoms with E-state index >= 15 is 0 Å². The number of unbranched alkanes of at least 4 members (excludes halogenated alkanes) is 12. The zero-order valence-corrected chi connectivity index (χ0v) is 28.1. The van der Waals surface area contributed by atoms with Crippen molar-refractivity contribution in [2.75, 3.05) is 19.0 Å². The molecule has 0 radical (unpaired) electrons. The average molecular weight is 615 g/mol. The minimum Gasteiger partial charge on any atom is -0.456 e. The Bertz CT molecular complexity index is 767. The van der Waals surface area contributed by atoms with Gasteiger partial charge in [-0.15, -0.1) is 0 Å². The van der Waals surface area contributed by atoms with Crippen molar-refractivity contribution in [1.29, 1.82) is 0 Å². The molecular formula is C33H59O6PS. The minimum absolute atomic E-state index is 0.0119. The summed E-state index contributed by atoms with van der Waals surface area (Å²) in [5.41, 5.74) is -1.62. The molecule has 0 saturated heterocycles. The Labute approximate surface area is 256 Å². The van der Waals surface area contributed by atoms with Gasteiger partial charge >= 0.3 is 11.5 Å². The number of carbonyl (C=O) groups excluding carboxylic acids is 1. The topological polar surface area (TPSA) is 82.1 Å². The van der Waals surface area contributed by atoms with Crippen molar-refractivity contribution >= 4 is 26.2 Å². The van der Waals surface area contributed by atoms with Gasteiger partial charge in [-0.25, -0.2) is 4.79 Å². The molecule has 41 heavy (non-hydrogen) atoms. The summed E-state index contributed by atoms with van der Waals surface area (Å²) in [5, 5.41) is 10.9. The third-order valence-corrected chi connectivity index (χ3v) is 9.65. The summed E-state index contributed by atoms with van der Waals surface area (Å²) in [6.07, 6.45) is 20.3. The normalized spacial score (nSPS) is 14.7. The molecule has 4 atom stereocenters. The van der Waals surface area contributed by atoms with Gasteiger partial charge in [0, 0.05) is 11.9 Å². The Morgan fingerprint density at radius 2 is 1.44 bits per heavy atom. The molecule has 0 aliphatic carbocycles. The molecule has 0 aliphatic heterocycles. The van der Waals surface area contributed by atoms with E-state index < -0.39 is 20.0 Å². The van der Waals surface area contributed by atoms with Crippen LogP contribution in [-0.4, -0.2) is 46.9 Å². The third kappa shape index (κ3) is 19.1. The molecule has 8 heteroatoms. The monoisotopic (exact) mass is 614 g/mol. The second-order valence-corrected chi connectivity index (χ2v) is 13.5. The fraction of sp³-hybridized carbons (Fsp3) is 0.788. The molecule has 0 bridgehead atoms. The molecule has 4 unspecified atom stereocenters. The van der Waals surface area contributed by atoms with Gasteiger partial charge in [-0.05, 0) is 37.5 Å². The molecule has 6 nitrogen and oxygen atoms in total. The van der Waals surface area contributed by atoms with Crippen LogP contribution in [0.3, 0.4) is 0 Å². The molecule has 1 rings (SSSR count). The van der Waals surface area contributed by atoms with Gasteiger partial charge in [0.25, 0.3) is 0 Å².